The van der Waals surface area contributed by atoms with Crippen molar-refractivity contribution in [3.05, 3.63) is 63.9 Å². The number of aromatic nitrogens is 2. The fourth-order valence-electron chi connectivity index (χ4n) is 3.43. The first-order valence-electron chi connectivity index (χ1n) is 11.8. The molecule has 0 aliphatic rings. The zero-order valence-corrected chi connectivity index (χ0v) is 21.8. The van der Waals surface area contributed by atoms with Crippen LogP contribution < -0.4 is 15.6 Å². The summed E-state index contributed by atoms with van der Waals surface area (Å²) in [5, 5.41) is 3.83. The lowest BCUT2D eigenvalue weighted by Crippen LogP contribution is -2.28. The van der Waals surface area contributed by atoms with Gasteiger partial charge >= 0.3 is 0 Å². The van der Waals surface area contributed by atoms with E-state index in [0.29, 0.717) is 57.9 Å². The lowest BCUT2D eigenvalue weighted by atomic mass is 10.1. The van der Waals surface area contributed by atoms with Crippen molar-refractivity contribution in [3.63, 3.8) is 0 Å². The molecule has 0 atom stereocenters. The van der Waals surface area contributed by atoms with E-state index in [9.17, 15) is 14.4 Å². The number of ether oxygens (including phenoxy) is 1. The Morgan fingerprint density at radius 3 is 2.34 bits per heavy atom. The van der Waals surface area contributed by atoms with Crippen molar-refractivity contribution in [3.8, 4) is 5.75 Å². The Kier molecular flexibility index (Phi) is 9.09. The van der Waals surface area contributed by atoms with Crippen LogP contribution in [0.1, 0.15) is 54.8 Å². The number of hydrogen-bond acceptors (Lipinski definition) is 6. The topological polar surface area (TPSA) is 90.3 Å². The van der Waals surface area contributed by atoms with Crippen LogP contribution in [0.5, 0.6) is 5.75 Å². The number of fused-ring (bicyclic) bond motifs is 1. The molecule has 3 aromatic rings. The van der Waals surface area contributed by atoms with Gasteiger partial charge in [0.05, 0.1) is 23.8 Å². The van der Waals surface area contributed by atoms with Crippen molar-refractivity contribution in [2.24, 2.45) is 11.8 Å². The highest BCUT2D eigenvalue weighted by Gasteiger charge is 2.16. The molecule has 0 unspecified atom stereocenters. The Hall–Kier alpha value is -3.13. The van der Waals surface area contributed by atoms with Gasteiger partial charge in [0.1, 0.15) is 5.75 Å². The van der Waals surface area contributed by atoms with Gasteiger partial charge in [0.25, 0.3) is 11.5 Å². The highest BCUT2D eigenvalue weighted by Crippen LogP contribution is 2.22. The molecule has 1 aromatic heterocycles. The Balaban J connectivity index is 1.92. The molecule has 2 aromatic carbocycles. The molecule has 1 amide bonds. The first kappa shape index (κ1) is 26.5. The van der Waals surface area contributed by atoms with Crippen LogP contribution in [0.3, 0.4) is 0 Å². The molecule has 7 nitrogen and oxygen atoms in total. The summed E-state index contributed by atoms with van der Waals surface area (Å²) in [4.78, 5) is 43.4. The summed E-state index contributed by atoms with van der Waals surface area (Å²) in [6, 6.07) is 11.9. The van der Waals surface area contributed by atoms with Gasteiger partial charge < -0.3 is 10.1 Å². The highest BCUT2D eigenvalue weighted by molar-refractivity contribution is 7.99. The minimum absolute atomic E-state index is 0.0655. The van der Waals surface area contributed by atoms with E-state index in [1.807, 2.05) is 13.8 Å². The number of amides is 1. The molecule has 0 aliphatic heterocycles. The van der Waals surface area contributed by atoms with Gasteiger partial charge in [-0.05, 0) is 60.7 Å². The number of nitrogens with one attached hydrogen (secondary N) is 1. The molecule has 8 heteroatoms. The van der Waals surface area contributed by atoms with E-state index in [1.54, 1.807) is 54.1 Å². The maximum Gasteiger partial charge on any atom is 0.262 e. The van der Waals surface area contributed by atoms with Crippen molar-refractivity contribution in [1.29, 1.82) is 0 Å². The Morgan fingerprint density at radius 1 is 1.03 bits per heavy atom. The van der Waals surface area contributed by atoms with Crippen molar-refractivity contribution < 1.29 is 14.3 Å². The second-order valence-corrected chi connectivity index (χ2v) is 10.3. The van der Waals surface area contributed by atoms with E-state index in [0.717, 1.165) is 6.42 Å². The number of carbonyl (C=O) groups is 2. The number of ketones is 1. The number of thioether (sulfide) groups is 1. The van der Waals surface area contributed by atoms with E-state index < -0.39 is 0 Å². The normalized spacial score (nSPS) is 11.3. The standard InChI is InChI=1S/C27H33N3O4S/c1-17(2)12-13-30-26(33)22-11-8-20(25(32)28-15-18(3)4)14-23(22)29-27(30)35-16-24(31)19-6-9-21(34-5)10-7-19/h6-11,14,17-18H,12-13,15-16H2,1-5H3,(H,28,32). The first-order chi connectivity index (χ1) is 16.7. The van der Waals surface area contributed by atoms with Crippen LogP contribution in [0.25, 0.3) is 10.9 Å². The molecule has 0 saturated carbocycles. The molecule has 3 rings (SSSR count). The lowest BCUT2D eigenvalue weighted by Gasteiger charge is -2.15. The van der Waals surface area contributed by atoms with Crippen LogP contribution in [-0.4, -0.2) is 40.6 Å². The van der Waals surface area contributed by atoms with Crippen molar-refractivity contribution in [1.82, 2.24) is 14.9 Å². The minimum Gasteiger partial charge on any atom is -0.497 e. The van der Waals surface area contributed by atoms with Gasteiger partial charge in [-0.25, -0.2) is 4.98 Å². The fourth-order valence-corrected chi connectivity index (χ4v) is 4.35. The largest absolute Gasteiger partial charge is 0.497 e. The van der Waals surface area contributed by atoms with E-state index in [-0.39, 0.29) is 23.0 Å². The van der Waals surface area contributed by atoms with Gasteiger partial charge in [-0.15, -0.1) is 0 Å². The molecule has 186 valence electrons. The van der Waals surface area contributed by atoms with Crippen LogP contribution >= 0.6 is 11.8 Å². The molecule has 0 saturated heterocycles. The fraction of sp³-hybridized carbons (Fsp3) is 0.407. The number of methoxy groups -OCH3 is 1. The summed E-state index contributed by atoms with van der Waals surface area (Å²) in [6.45, 7) is 9.32. The van der Waals surface area contributed by atoms with Crippen molar-refractivity contribution in [2.75, 3.05) is 19.4 Å². The lowest BCUT2D eigenvalue weighted by molar-refractivity contribution is 0.0948. The smallest absolute Gasteiger partial charge is 0.262 e. The average Bonchev–Trinajstić information content (AvgIpc) is 2.84. The number of benzene rings is 2. The third-order valence-corrected chi connectivity index (χ3v) is 6.50. The molecular formula is C27H33N3O4S. The van der Waals surface area contributed by atoms with Gasteiger partial charge in [-0.2, -0.15) is 0 Å². The van der Waals surface area contributed by atoms with Crippen molar-refractivity contribution >= 4 is 34.4 Å². The zero-order valence-electron chi connectivity index (χ0n) is 21.0. The van der Waals surface area contributed by atoms with Gasteiger partial charge in [0, 0.05) is 24.2 Å². The predicted octanol–water partition coefficient (Wildman–Crippen LogP) is 4.81. The van der Waals surface area contributed by atoms with Crippen molar-refractivity contribution in [2.45, 2.75) is 45.8 Å². The summed E-state index contributed by atoms with van der Waals surface area (Å²) in [7, 11) is 1.58. The highest BCUT2D eigenvalue weighted by atomic mass is 32.2. The molecular weight excluding hydrogens is 462 g/mol. The van der Waals surface area contributed by atoms with Crippen LogP contribution in [0.4, 0.5) is 0 Å². The quantitative estimate of drug-likeness (QED) is 0.233. The summed E-state index contributed by atoms with van der Waals surface area (Å²) < 4.78 is 6.80. The van der Waals surface area contributed by atoms with Gasteiger partial charge in [-0.3, -0.25) is 19.0 Å². The number of Topliss-reactive ketones (excluding diaryl/α,β-unsaturated/α-hetero) is 1. The Morgan fingerprint density at radius 2 is 1.71 bits per heavy atom. The monoisotopic (exact) mass is 495 g/mol. The van der Waals surface area contributed by atoms with Gasteiger partial charge in [0.15, 0.2) is 10.9 Å². The average molecular weight is 496 g/mol. The maximum absolute atomic E-state index is 13.4. The van der Waals surface area contributed by atoms with E-state index >= 15 is 0 Å². The Labute approximate surface area is 210 Å². The molecule has 35 heavy (non-hydrogen) atoms. The SMILES string of the molecule is COc1ccc(C(=O)CSc2nc3cc(C(=O)NCC(C)C)ccc3c(=O)n2CCC(C)C)cc1. The summed E-state index contributed by atoms with van der Waals surface area (Å²) >= 11 is 1.24. The number of carbonyl (C=O) groups excluding carboxylic acids is 2. The van der Waals surface area contributed by atoms with E-state index in [4.69, 9.17) is 9.72 Å². The van der Waals surface area contributed by atoms with Crippen LogP contribution in [-0.2, 0) is 6.54 Å². The molecule has 1 N–H and O–H groups in total. The summed E-state index contributed by atoms with van der Waals surface area (Å²) in [5.74, 6) is 1.29. The van der Waals surface area contributed by atoms with Gasteiger partial charge in [-0.1, -0.05) is 39.5 Å². The Bertz CT molecular complexity index is 1250. The first-order valence-corrected chi connectivity index (χ1v) is 12.8. The second-order valence-electron chi connectivity index (χ2n) is 9.31. The molecule has 0 bridgehead atoms. The summed E-state index contributed by atoms with van der Waals surface area (Å²) in [5.41, 5.74) is 1.31. The minimum atomic E-state index is -0.199. The van der Waals surface area contributed by atoms with Crippen LogP contribution in [0, 0.1) is 11.8 Å². The molecule has 1 heterocycles. The second kappa shape index (κ2) is 12.0. The maximum atomic E-state index is 13.4. The zero-order chi connectivity index (χ0) is 25.5. The van der Waals surface area contributed by atoms with E-state index in [1.165, 1.54) is 11.8 Å². The number of rotatable bonds is 11. The molecule has 0 spiro atoms. The van der Waals surface area contributed by atoms with Crippen LogP contribution in [0.2, 0.25) is 0 Å². The molecule has 0 fully saturated rings. The molecule has 0 radical (unpaired) electrons. The third-order valence-electron chi connectivity index (χ3n) is 5.53. The summed E-state index contributed by atoms with van der Waals surface area (Å²) in [6.07, 6.45) is 0.808. The van der Waals surface area contributed by atoms with E-state index in [2.05, 4.69) is 19.2 Å². The third kappa shape index (κ3) is 6.94. The predicted molar refractivity (Wildman–Crippen MR) is 141 cm³/mol. The number of nitrogens with zero attached hydrogens (tertiary/aromatic N) is 2. The number of hydrogen-bond donors (Lipinski definition) is 1. The van der Waals surface area contributed by atoms with Crippen LogP contribution in [0.15, 0.2) is 52.4 Å². The van der Waals surface area contributed by atoms with Gasteiger partial charge in [0.2, 0.25) is 0 Å². The molecule has 0 aliphatic carbocycles.